The zero-order chi connectivity index (χ0) is 13.8. The molecule has 5 heteroatoms. The molecule has 1 amide bonds. The van der Waals surface area contributed by atoms with E-state index in [1.807, 2.05) is 30.0 Å². The predicted octanol–water partition coefficient (Wildman–Crippen LogP) is 3.14. The summed E-state index contributed by atoms with van der Waals surface area (Å²) in [4.78, 5) is 15.0. The molecule has 1 atom stereocenters. The first kappa shape index (κ1) is 14.8. The fraction of sp³-hybridized carbons (Fsp3) is 0.500. The first-order chi connectivity index (χ1) is 9.06. The Morgan fingerprint density at radius 3 is 2.74 bits per heavy atom. The van der Waals surface area contributed by atoms with Crippen LogP contribution in [0.3, 0.4) is 0 Å². The minimum absolute atomic E-state index is 0.0635. The molecule has 2 rings (SSSR count). The third-order valence-electron chi connectivity index (χ3n) is 3.52. The Balaban J connectivity index is 1.86. The zero-order valence-corrected chi connectivity index (χ0v) is 13.3. The second-order valence-corrected chi connectivity index (χ2v) is 7.37. The van der Waals surface area contributed by atoms with E-state index in [2.05, 4.69) is 15.9 Å². The minimum atomic E-state index is -0.267. The van der Waals surface area contributed by atoms with Gasteiger partial charge in [0.25, 0.3) is 0 Å². The number of rotatable bonds is 3. The number of carbonyl (C=O) groups excluding carboxylic acids is 1. The highest BCUT2D eigenvalue weighted by Gasteiger charge is 2.24. The first-order valence-electron chi connectivity index (χ1n) is 6.46. The third-order valence-corrected chi connectivity index (χ3v) is 5.11. The predicted molar refractivity (Wildman–Crippen MR) is 82.0 cm³/mol. The van der Waals surface area contributed by atoms with E-state index in [9.17, 15) is 9.90 Å². The Labute approximate surface area is 126 Å². The van der Waals surface area contributed by atoms with Crippen molar-refractivity contribution in [2.75, 3.05) is 13.1 Å². The molecule has 0 saturated carbocycles. The number of carbonyl (C=O) groups is 1. The van der Waals surface area contributed by atoms with E-state index in [0.29, 0.717) is 5.92 Å². The van der Waals surface area contributed by atoms with Crippen LogP contribution in [0.15, 0.2) is 22.0 Å². The van der Waals surface area contributed by atoms with Crippen LogP contribution >= 0.6 is 27.3 Å². The molecule has 0 radical (unpaired) electrons. The van der Waals surface area contributed by atoms with Crippen molar-refractivity contribution < 1.29 is 9.90 Å². The first-order valence-corrected chi connectivity index (χ1v) is 8.07. The summed E-state index contributed by atoms with van der Waals surface area (Å²) in [5.74, 6) is 0.398. The molecule has 1 aromatic rings. The number of halogens is 1. The molecule has 1 unspecified atom stereocenters. The van der Waals surface area contributed by atoms with Crippen LogP contribution in [0.25, 0.3) is 6.08 Å². The molecule has 104 valence electrons. The van der Waals surface area contributed by atoms with Crippen LogP contribution in [0.4, 0.5) is 0 Å². The van der Waals surface area contributed by atoms with Crippen molar-refractivity contribution in [2.24, 2.45) is 5.92 Å². The van der Waals surface area contributed by atoms with E-state index in [-0.39, 0.29) is 12.0 Å². The monoisotopic (exact) mass is 343 g/mol. The standard InChI is InChI=1S/C14H18BrNO2S/c1-10(17)11-6-8-16(9-7-11)14(18)5-3-12-2-4-13(15)19-12/h2-5,10-11,17H,6-9H2,1H3. The van der Waals surface area contributed by atoms with Gasteiger partial charge in [-0.1, -0.05) is 0 Å². The molecule has 1 aliphatic rings. The Morgan fingerprint density at radius 1 is 1.53 bits per heavy atom. The number of aliphatic hydroxyl groups is 1. The topological polar surface area (TPSA) is 40.5 Å². The highest BCUT2D eigenvalue weighted by Crippen LogP contribution is 2.24. The fourth-order valence-corrected chi connectivity index (χ4v) is 3.61. The lowest BCUT2D eigenvalue weighted by atomic mass is 9.92. The van der Waals surface area contributed by atoms with Crippen molar-refractivity contribution >= 4 is 39.2 Å². The van der Waals surface area contributed by atoms with Gasteiger partial charge in [-0.3, -0.25) is 4.79 Å². The van der Waals surface area contributed by atoms with Gasteiger partial charge in [0.1, 0.15) is 0 Å². The van der Waals surface area contributed by atoms with Gasteiger partial charge in [-0.05, 0) is 59.8 Å². The van der Waals surface area contributed by atoms with E-state index in [1.165, 1.54) is 0 Å². The number of hydrogen-bond donors (Lipinski definition) is 1. The SMILES string of the molecule is CC(O)C1CCN(C(=O)C=Cc2ccc(Br)s2)CC1. The molecule has 1 aliphatic heterocycles. The van der Waals surface area contributed by atoms with Gasteiger partial charge < -0.3 is 10.0 Å². The van der Waals surface area contributed by atoms with Crippen LogP contribution < -0.4 is 0 Å². The van der Waals surface area contributed by atoms with Gasteiger partial charge in [0.2, 0.25) is 5.91 Å². The average molecular weight is 344 g/mol. The molecule has 0 aliphatic carbocycles. The molecule has 0 aromatic carbocycles. The minimum Gasteiger partial charge on any atom is -0.393 e. The van der Waals surface area contributed by atoms with E-state index in [0.717, 1.165) is 34.6 Å². The van der Waals surface area contributed by atoms with Gasteiger partial charge in [0, 0.05) is 24.0 Å². The number of piperidine rings is 1. The van der Waals surface area contributed by atoms with Crippen molar-refractivity contribution in [1.29, 1.82) is 0 Å². The van der Waals surface area contributed by atoms with Crippen molar-refractivity contribution in [1.82, 2.24) is 4.90 Å². The van der Waals surface area contributed by atoms with Gasteiger partial charge in [0.05, 0.1) is 9.89 Å². The Kier molecular flexibility index (Phi) is 5.19. The molecule has 19 heavy (non-hydrogen) atoms. The van der Waals surface area contributed by atoms with Gasteiger partial charge >= 0.3 is 0 Å². The zero-order valence-electron chi connectivity index (χ0n) is 10.9. The number of nitrogens with zero attached hydrogens (tertiary/aromatic N) is 1. The van der Waals surface area contributed by atoms with Crippen molar-refractivity contribution in [3.8, 4) is 0 Å². The molecule has 1 N–H and O–H groups in total. The maximum atomic E-state index is 12.0. The lowest BCUT2D eigenvalue weighted by Crippen LogP contribution is -2.39. The average Bonchev–Trinajstić information content (AvgIpc) is 2.82. The van der Waals surface area contributed by atoms with Crippen LogP contribution in [0, 0.1) is 5.92 Å². The lowest BCUT2D eigenvalue weighted by molar-refractivity contribution is -0.127. The summed E-state index contributed by atoms with van der Waals surface area (Å²) in [7, 11) is 0. The molecule has 3 nitrogen and oxygen atoms in total. The number of likely N-dealkylation sites (tertiary alicyclic amines) is 1. The Bertz CT molecular complexity index is 462. The molecule has 1 fully saturated rings. The summed E-state index contributed by atoms with van der Waals surface area (Å²) < 4.78 is 1.07. The lowest BCUT2D eigenvalue weighted by Gasteiger charge is -2.32. The van der Waals surface area contributed by atoms with Crippen molar-refractivity contribution in [2.45, 2.75) is 25.9 Å². The highest BCUT2D eigenvalue weighted by atomic mass is 79.9. The summed E-state index contributed by atoms with van der Waals surface area (Å²) in [5.41, 5.74) is 0. The maximum absolute atomic E-state index is 12.0. The van der Waals surface area contributed by atoms with Crippen molar-refractivity contribution in [3.63, 3.8) is 0 Å². The Hall–Kier alpha value is -0.650. The summed E-state index contributed by atoms with van der Waals surface area (Å²) >= 11 is 5.01. The molecular formula is C14H18BrNO2S. The molecule has 0 spiro atoms. The quantitative estimate of drug-likeness (QED) is 0.856. The van der Waals surface area contributed by atoms with Gasteiger partial charge in [-0.2, -0.15) is 0 Å². The number of amides is 1. The highest BCUT2D eigenvalue weighted by molar-refractivity contribution is 9.11. The largest absolute Gasteiger partial charge is 0.393 e. The number of hydrogen-bond acceptors (Lipinski definition) is 3. The van der Waals surface area contributed by atoms with Crippen LogP contribution in [0.2, 0.25) is 0 Å². The smallest absolute Gasteiger partial charge is 0.246 e. The van der Waals surface area contributed by atoms with E-state index < -0.39 is 0 Å². The van der Waals surface area contributed by atoms with Crippen LogP contribution in [-0.2, 0) is 4.79 Å². The van der Waals surface area contributed by atoms with E-state index in [1.54, 1.807) is 17.4 Å². The van der Waals surface area contributed by atoms with Gasteiger partial charge in [-0.25, -0.2) is 0 Å². The second-order valence-electron chi connectivity index (χ2n) is 4.88. The number of aliphatic hydroxyl groups excluding tert-OH is 1. The molecule has 0 bridgehead atoms. The molecule has 1 aromatic heterocycles. The summed E-state index contributed by atoms with van der Waals surface area (Å²) in [5, 5.41) is 9.54. The van der Waals surface area contributed by atoms with Gasteiger partial charge in [0.15, 0.2) is 0 Å². The summed E-state index contributed by atoms with van der Waals surface area (Å²) in [6, 6.07) is 3.96. The summed E-state index contributed by atoms with van der Waals surface area (Å²) in [6.07, 6.45) is 5.01. The third kappa shape index (κ3) is 4.16. The Morgan fingerprint density at radius 2 is 2.21 bits per heavy atom. The number of thiophene rings is 1. The van der Waals surface area contributed by atoms with Crippen LogP contribution in [0.5, 0.6) is 0 Å². The van der Waals surface area contributed by atoms with Crippen LogP contribution in [0.1, 0.15) is 24.6 Å². The van der Waals surface area contributed by atoms with E-state index >= 15 is 0 Å². The second kappa shape index (κ2) is 6.68. The van der Waals surface area contributed by atoms with Crippen LogP contribution in [-0.4, -0.2) is 35.1 Å². The van der Waals surface area contributed by atoms with Crippen molar-refractivity contribution in [3.05, 3.63) is 26.9 Å². The molecular weight excluding hydrogens is 326 g/mol. The summed E-state index contributed by atoms with van der Waals surface area (Å²) in [6.45, 7) is 3.32. The van der Waals surface area contributed by atoms with Gasteiger partial charge in [-0.15, -0.1) is 11.3 Å². The molecule has 2 heterocycles. The van der Waals surface area contributed by atoms with E-state index in [4.69, 9.17) is 0 Å². The maximum Gasteiger partial charge on any atom is 0.246 e. The fourth-order valence-electron chi connectivity index (χ4n) is 2.28. The normalized spacial score (nSPS) is 19.0. The molecule has 1 saturated heterocycles.